The number of benzene rings is 2. The molecule has 0 radical (unpaired) electrons. The fourth-order valence-corrected chi connectivity index (χ4v) is 5.04. The fraction of sp³-hybridized carbons (Fsp3) is 0.435. The molecule has 0 aromatic heterocycles. The number of carbonyl (C=O) groups is 1. The number of hydrogen-bond donors (Lipinski definition) is 2. The molecule has 0 spiro atoms. The third kappa shape index (κ3) is 5.40. The molecule has 2 N–H and O–H groups in total. The molecule has 2 aliphatic rings. The molecule has 1 aliphatic carbocycles. The second kappa shape index (κ2) is 8.78. The van der Waals surface area contributed by atoms with Crippen LogP contribution in [0.1, 0.15) is 38.2 Å². The lowest BCUT2D eigenvalue weighted by molar-refractivity contribution is -0.116. The lowest BCUT2D eigenvalue weighted by atomic mass is 10.1. The van der Waals surface area contributed by atoms with Gasteiger partial charge < -0.3 is 10.2 Å². The van der Waals surface area contributed by atoms with E-state index in [-0.39, 0.29) is 16.8 Å². The molecule has 1 atom stereocenters. The van der Waals surface area contributed by atoms with Gasteiger partial charge in [-0.15, -0.1) is 0 Å². The molecule has 1 saturated heterocycles. The van der Waals surface area contributed by atoms with Crippen LogP contribution in [0.25, 0.3) is 0 Å². The van der Waals surface area contributed by atoms with Crippen LogP contribution < -0.4 is 14.9 Å². The molecule has 0 bridgehead atoms. The van der Waals surface area contributed by atoms with Crippen molar-refractivity contribution < 1.29 is 13.2 Å². The zero-order valence-electron chi connectivity index (χ0n) is 17.3. The van der Waals surface area contributed by atoms with Gasteiger partial charge in [0, 0.05) is 36.9 Å². The Hall–Kier alpha value is -2.38. The number of rotatable bonds is 8. The van der Waals surface area contributed by atoms with Gasteiger partial charge in [-0.3, -0.25) is 4.79 Å². The molecule has 2 aromatic carbocycles. The van der Waals surface area contributed by atoms with Crippen LogP contribution in [0.5, 0.6) is 0 Å². The molecule has 4 rings (SSSR count). The zero-order valence-corrected chi connectivity index (χ0v) is 18.1. The minimum absolute atomic E-state index is 0.0513. The summed E-state index contributed by atoms with van der Waals surface area (Å²) in [5.41, 5.74) is 2.93. The van der Waals surface area contributed by atoms with Crippen molar-refractivity contribution in [2.75, 3.05) is 23.3 Å². The average Bonchev–Trinajstić information content (AvgIpc) is 3.43. The summed E-state index contributed by atoms with van der Waals surface area (Å²) >= 11 is 0. The summed E-state index contributed by atoms with van der Waals surface area (Å²) in [6, 6.07) is 14.9. The number of anilines is 2. The molecule has 7 heteroatoms. The highest BCUT2D eigenvalue weighted by Gasteiger charge is 2.27. The van der Waals surface area contributed by atoms with Crippen LogP contribution in [0, 0.1) is 5.92 Å². The first kappa shape index (κ1) is 20.9. The van der Waals surface area contributed by atoms with Crippen molar-refractivity contribution in [3.8, 4) is 0 Å². The molecule has 6 nitrogen and oxygen atoms in total. The number of amides is 1. The van der Waals surface area contributed by atoms with E-state index in [4.69, 9.17) is 0 Å². The Labute approximate surface area is 178 Å². The largest absolute Gasteiger partial charge is 0.371 e. The van der Waals surface area contributed by atoms with Gasteiger partial charge in [0.2, 0.25) is 15.9 Å². The van der Waals surface area contributed by atoms with Crippen LogP contribution in [-0.2, 0) is 21.2 Å². The van der Waals surface area contributed by atoms with E-state index in [2.05, 4.69) is 34.0 Å². The summed E-state index contributed by atoms with van der Waals surface area (Å²) in [7, 11) is -3.43. The van der Waals surface area contributed by atoms with Crippen molar-refractivity contribution in [3.63, 3.8) is 0 Å². The standard InChI is InChI=1S/C23H29N3O3S/c1-17-14-15-26(16-17)21-9-7-19(8-10-21)24-23(27)13-4-18-2-11-22(12-3-18)30(28,29)25-20-5-6-20/h2-3,7-12,17,20,25H,4-6,13-16H2,1H3,(H,24,27). The number of carbonyl (C=O) groups excluding carboxylic acids is 1. The predicted molar refractivity (Wildman–Crippen MR) is 119 cm³/mol. The summed E-state index contributed by atoms with van der Waals surface area (Å²) in [5, 5.41) is 2.94. The highest BCUT2D eigenvalue weighted by atomic mass is 32.2. The monoisotopic (exact) mass is 427 g/mol. The van der Waals surface area contributed by atoms with Crippen LogP contribution in [0.4, 0.5) is 11.4 Å². The van der Waals surface area contributed by atoms with Crippen molar-refractivity contribution in [1.82, 2.24) is 4.72 Å². The van der Waals surface area contributed by atoms with Gasteiger partial charge in [0.15, 0.2) is 0 Å². The number of hydrogen-bond acceptors (Lipinski definition) is 4. The van der Waals surface area contributed by atoms with Gasteiger partial charge >= 0.3 is 0 Å². The number of nitrogens with one attached hydrogen (secondary N) is 2. The smallest absolute Gasteiger partial charge is 0.240 e. The van der Waals surface area contributed by atoms with Gasteiger partial charge in [-0.2, -0.15) is 0 Å². The number of nitrogens with zero attached hydrogens (tertiary/aromatic N) is 1. The average molecular weight is 428 g/mol. The van der Waals surface area contributed by atoms with Crippen molar-refractivity contribution in [2.24, 2.45) is 5.92 Å². The molecule has 2 aromatic rings. The highest BCUT2D eigenvalue weighted by Crippen LogP contribution is 2.25. The van der Waals surface area contributed by atoms with Gasteiger partial charge in [-0.1, -0.05) is 19.1 Å². The van der Waals surface area contributed by atoms with Crippen LogP contribution >= 0.6 is 0 Å². The minimum Gasteiger partial charge on any atom is -0.371 e. The van der Waals surface area contributed by atoms with Gasteiger partial charge in [0.25, 0.3) is 0 Å². The second-order valence-electron chi connectivity index (χ2n) is 8.47. The van der Waals surface area contributed by atoms with E-state index in [0.717, 1.165) is 43.1 Å². The Balaban J connectivity index is 1.26. The van der Waals surface area contributed by atoms with E-state index >= 15 is 0 Å². The first-order valence-electron chi connectivity index (χ1n) is 10.7. The van der Waals surface area contributed by atoms with E-state index in [9.17, 15) is 13.2 Å². The normalized spacial score (nSPS) is 19.1. The van der Waals surface area contributed by atoms with Crippen molar-refractivity contribution >= 4 is 27.3 Å². The maximum Gasteiger partial charge on any atom is 0.240 e. The third-order valence-electron chi connectivity index (χ3n) is 5.71. The van der Waals surface area contributed by atoms with Crippen LogP contribution in [0.2, 0.25) is 0 Å². The van der Waals surface area contributed by atoms with E-state index in [0.29, 0.717) is 12.8 Å². The van der Waals surface area contributed by atoms with E-state index in [1.807, 2.05) is 12.1 Å². The molecule has 1 saturated carbocycles. The van der Waals surface area contributed by atoms with Crippen LogP contribution in [0.3, 0.4) is 0 Å². The molecule has 30 heavy (non-hydrogen) atoms. The molecular weight excluding hydrogens is 398 g/mol. The Morgan fingerprint density at radius 3 is 2.33 bits per heavy atom. The Bertz CT molecular complexity index is 983. The predicted octanol–water partition coefficient (Wildman–Crippen LogP) is 3.54. The molecule has 1 heterocycles. The van der Waals surface area contributed by atoms with Crippen LogP contribution in [0.15, 0.2) is 53.4 Å². The molecule has 1 amide bonds. The summed E-state index contributed by atoms with van der Waals surface area (Å²) in [5.74, 6) is 0.678. The first-order chi connectivity index (χ1) is 14.4. The molecule has 1 aliphatic heterocycles. The van der Waals surface area contributed by atoms with Crippen molar-refractivity contribution in [2.45, 2.75) is 50.0 Å². The molecule has 1 unspecified atom stereocenters. The van der Waals surface area contributed by atoms with Gasteiger partial charge in [-0.05, 0) is 73.6 Å². The third-order valence-corrected chi connectivity index (χ3v) is 7.25. The maximum absolute atomic E-state index is 12.3. The zero-order chi connectivity index (χ0) is 21.1. The van der Waals surface area contributed by atoms with E-state index in [1.165, 1.54) is 12.1 Å². The molecule has 160 valence electrons. The highest BCUT2D eigenvalue weighted by molar-refractivity contribution is 7.89. The Morgan fingerprint density at radius 2 is 1.73 bits per heavy atom. The summed E-state index contributed by atoms with van der Waals surface area (Å²) in [6.45, 7) is 4.44. The summed E-state index contributed by atoms with van der Waals surface area (Å²) < 4.78 is 27.1. The van der Waals surface area contributed by atoms with Gasteiger partial charge in [0.1, 0.15) is 0 Å². The fourth-order valence-electron chi connectivity index (χ4n) is 3.73. The summed E-state index contributed by atoms with van der Waals surface area (Å²) in [6.07, 6.45) is 3.95. The first-order valence-corrected chi connectivity index (χ1v) is 12.1. The topological polar surface area (TPSA) is 78.5 Å². The van der Waals surface area contributed by atoms with Gasteiger partial charge in [0.05, 0.1) is 4.90 Å². The minimum atomic E-state index is -3.43. The Kier molecular flexibility index (Phi) is 6.11. The number of aryl methyl sites for hydroxylation is 1. The second-order valence-corrected chi connectivity index (χ2v) is 10.2. The van der Waals surface area contributed by atoms with E-state index in [1.54, 1.807) is 24.3 Å². The van der Waals surface area contributed by atoms with Crippen molar-refractivity contribution in [3.05, 3.63) is 54.1 Å². The summed E-state index contributed by atoms with van der Waals surface area (Å²) in [4.78, 5) is 14.9. The maximum atomic E-state index is 12.3. The van der Waals surface area contributed by atoms with Gasteiger partial charge in [-0.25, -0.2) is 13.1 Å². The quantitative estimate of drug-likeness (QED) is 0.675. The van der Waals surface area contributed by atoms with E-state index < -0.39 is 10.0 Å². The van der Waals surface area contributed by atoms with Crippen LogP contribution in [-0.4, -0.2) is 33.5 Å². The molecule has 2 fully saturated rings. The van der Waals surface area contributed by atoms with Crippen molar-refractivity contribution in [1.29, 1.82) is 0 Å². The lowest BCUT2D eigenvalue weighted by Gasteiger charge is -2.18. The number of sulfonamides is 1. The molecular formula is C23H29N3O3S. The lowest BCUT2D eigenvalue weighted by Crippen LogP contribution is -2.25. The Morgan fingerprint density at radius 1 is 1.03 bits per heavy atom. The SMILES string of the molecule is CC1CCN(c2ccc(NC(=O)CCc3ccc(S(=O)(=O)NC4CC4)cc3)cc2)C1.